The molecule has 120 valence electrons. The van der Waals surface area contributed by atoms with Crippen molar-refractivity contribution in [2.75, 3.05) is 5.32 Å². The summed E-state index contributed by atoms with van der Waals surface area (Å²) in [4.78, 5) is 0. The molecule has 3 atom stereocenters. The van der Waals surface area contributed by atoms with Crippen molar-refractivity contribution in [3.8, 4) is 0 Å². The second-order valence-electron chi connectivity index (χ2n) is 6.92. The number of anilines is 1. The van der Waals surface area contributed by atoms with Gasteiger partial charge in [-0.05, 0) is 47.9 Å². The SMILES string of the molecule is CC(F)(F)c1ccc2c(c1)C1CCCC1C(c1ccccc1)N2. The first-order chi connectivity index (χ1) is 11.0. The summed E-state index contributed by atoms with van der Waals surface area (Å²) in [6, 6.07) is 15.9. The Morgan fingerprint density at radius 3 is 2.57 bits per heavy atom. The first-order valence-corrected chi connectivity index (χ1v) is 8.38. The van der Waals surface area contributed by atoms with Crippen LogP contribution in [0.1, 0.15) is 54.8 Å². The minimum atomic E-state index is -2.78. The predicted molar refractivity (Wildman–Crippen MR) is 88.9 cm³/mol. The number of halogens is 2. The van der Waals surface area contributed by atoms with Crippen LogP contribution in [0.2, 0.25) is 0 Å². The molecule has 1 aliphatic heterocycles. The van der Waals surface area contributed by atoms with Crippen LogP contribution < -0.4 is 5.32 Å². The van der Waals surface area contributed by atoms with E-state index in [0.29, 0.717) is 11.8 Å². The summed E-state index contributed by atoms with van der Waals surface area (Å²) in [6.07, 6.45) is 3.43. The Hall–Kier alpha value is -1.90. The minimum absolute atomic E-state index is 0.127. The molecule has 3 unspecified atom stereocenters. The third-order valence-electron chi connectivity index (χ3n) is 5.43. The zero-order valence-corrected chi connectivity index (χ0v) is 13.2. The molecule has 1 aliphatic carbocycles. The van der Waals surface area contributed by atoms with Crippen LogP contribution in [0.3, 0.4) is 0 Å². The average molecular weight is 313 g/mol. The maximum Gasteiger partial charge on any atom is 0.270 e. The maximum absolute atomic E-state index is 13.7. The van der Waals surface area contributed by atoms with Crippen molar-refractivity contribution in [1.29, 1.82) is 0 Å². The van der Waals surface area contributed by atoms with Crippen molar-refractivity contribution < 1.29 is 8.78 Å². The molecule has 2 aliphatic rings. The molecule has 0 spiro atoms. The molecule has 2 aromatic carbocycles. The van der Waals surface area contributed by atoms with E-state index in [-0.39, 0.29) is 11.6 Å². The van der Waals surface area contributed by atoms with Gasteiger partial charge in [0, 0.05) is 18.2 Å². The van der Waals surface area contributed by atoms with Crippen LogP contribution in [0.5, 0.6) is 0 Å². The zero-order chi connectivity index (χ0) is 16.0. The summed E-state index contributed by atoms with van der Waals surface area (Å²) >= 11 is 0. The Bertz CT molecular complexity index is 705. The van der Waals surface area contributed by atoms with E-state index in [4.69, 9.17) is 0 Å². The lowest BCUT2D eigenvalue weighted by atomic mass is 9.77. The molecule has 1 fully saturated rings. The van der Waals surface area contributed by atoms with E-state index in [0.717, 1.165) is 31.0 Å². The number of fused-ring (bicyclic) bond motifs is 3. The minimum Gasteiger partial charge on any atom is -0.378 e. The van der Waals surface area contributed by atoms with Gasteiger partial charge in [-0.3, -0.25) is 0 Å². The Balaban J connectivity index is 1.77. The predicted octanol–water partition coefficient (Wildman–Crippen LogP) is 5.85. The normalized spacial score (nSPS) is 26.3. The van der Waals surface area contributed by atoms with E-state index in [1.165, 1.54) is 12.0 Å². The van der Waals surface area contributed by atoms with Gasteiger partial charge in [-0.1, -0.05) is 42.8 Å². The molecule has 1 N–H and O–H groups in total. The Labute approximate surface area is 135 Å². The van der Waals surface area contributed by atoms with Gasteiger partial charge in [-0.25, -0.2) is 8.78 Å². The van der Waals surface area contributed by atoms with Gasteiger partial charge >= 0.3 is 0 Å². The second-order valence-corrected chi connectivity index (χ2v) is 6.92. The van der Waals surface area contributed by atoms with Gasteiger partial charge < -0.3 is 5.32 Å². The molecule has 1 saturated carbocycles. The third-order valence-corrected chi connectivity index (χ3v) is 5.43. The first kappa shape index (κ1) is 14.7. The molecule has 2 aromatic rings. The number of nitrogens with one attached hydrogen (secondary N) is 1. The fourth-order valence-corrected chi connectivity index (χ4v) is 4.31. The highest BCUT2D eigenvalue weighted by atomic mass is 19.3. The lowest BCUT2D eigenvalue weighted by Gasteiger charge is -2.38. The monoisotopic (exact) mass is 313 g/mol. The lowest BCUT2D eigenvalue weighted by molar-refractivity contribution is 0.0173. The van der Waals surface area contributed by atoms with Crippen molar-refractivity contribution in [2.24, 2.45) is 5.92 Å². The van der Waals surface area contributed by atoms with Gasteiger partial charge in [0.2, 0.25) is 0 Å². The number of benzene rings is 2. The highest BCUT2D eigenvalue weighted by molar-refractivity contribution is 5.59. The number of hydrogen-bond acceptors (Lipinski definition) is 1. The van der Waals surface area contributed by atoms with Crippen LogP contribution in [0.4, 0.5) is 14.5 Å². The first-order valence-electron chi connectivity index (χ1n) is 8.38. The van der Waals surface area contributed by atoms with Crippen LogP contribution in [-0.4, -0.2) is 0 Å². The van der Waals surface area contributed by atoms with E-state index < -0.39 is 5.92 Å². The van der Waals surface area contributed by atoms with E-state index >= 15 is 0 Å². The van der Waals surface area contributed by atoms with Crippen molar-refractivity contribution in [3.63, 3.8) is 0 Å². The second kappa shape index (κ2) is 5.33. The summed E-state index contributed by atoms with van der Waals surface area (Å²) in [7, 11) is 0. The molecule has 0 saturated heterocycles. The Morgan fingerprint density at radius 2 is 1.83 bits per heavy atom. The highest BCUT2D eigenvalue weighted by Gasteiger charge is 2.41. The summed E-state index contributed by atoms with van der Waals surface area (Å²) < 4.78 is 27.4. The zero-order valence-electron chi connectivity index (χ0n) is 13.2. The van der Waals surface area contributed by atoms with E-state index in [1.807, 2.05) is 12.1 Å². The smallest absolute Gasteiger partial charge is 0.270 e. The van der Waals surface area contributed by atoms with Gasteiger partial charge in [-0.15, -0.1) is 0 Å². The summed E-state index contributed by atoms with van der Waals surface area (Å²) in [5, 5.41) is 3.62. The Kier molecular flexibility index (Phi) is 3.40. The Morgan fingerprint density at radius 1 is 1.04 bits per heavy atom. The van der Waals surface area contributed by atoms with Gasteiger partial charge in [0.25, 0.3) is 5.92 Å². The van der Waals surface area contributed by atoms with Crippen molar-refractivity contribution >= 4 is 5.69 Å². The van der Waals surface area contributed by atoms with Crippen LogP contribution in [0, 0.1) is 5.92 Å². The molecule has 1 heterocycles. The molecule has 0 bridgehead atoms. The largest absolute Gasteiger partial charge is 0.378 e. The number of hydrogen-bond donors (Lipinski definition) is 1. The molecule has 0 amide bonds. The molecule has 0 aromatic heterocycles. The van der Waals surface area contributed by atoms with E-state index in [9.17, 15) is 8.78 Å². The summed E-state index contributed by atoms with van der Waals surface area (Å²) in [5.74, 6) is -1.90. The van der Waals surface area contributed by atoms with Gasteiger partial charge in [0.15, 0.2) is 0 Å². The van der Waals surface area contributed by atoms with Crippen LogP contribution in [0.15, 0.2) is 48.5 Å². The van der Waals surface area contributed by atoms with Gasteiger partial charge in [0.05, 0.1) is 6.04 Å². The molecule has 1 nitrogen and oxygen atoms in total. The highest BCUT2D eigenvalue weighted by Crippen LogP contribution is 2.53. The van der Waals surface area contributed by atoms with Crippen LogP contribution in [-0.2, 0) is 5.92 Å². The third kappa shape index (κ3) is 2.52. The number of rotatable bonds is 2. The summed E-state index contributed by atoms with van der Waals surface area (Å²) in [6.45, 7) is 0.976. The van der Waals surface area contributed by atoms with Gasteiger partial charge in [-0.2, -0.15) is 0 Å². The van der Waals surface area contributed by atoms with Gasteiger partial charge in [0.1, 0.15) is 0 Å². The van der Waals surface area contributed by atoms with E-state index in [1.54, 1.807) is 12.1 Å². The number of alkyl halides is 2. The average Bonchev–Trinajstić information content (AvgIpc) is 3.03. The van der Waals surface area contributed by atoms with Crippen molar-refractivity contribution in [3.05, 3.63) is 65.2 Å². The standard InChI is InChI=1S/C20H21F2N/c1-20(21,22)14-10-11-18-17(12-14)15-8-5-9-16(15)19(23-18)13-6-3-2-4-7-13/h2-4,6-7,10-12,15-16,19,23H,5,8-9H2,1H3. The molecular formula is C20H21F2N. The molecule has 0 radical (unpaired) electrons. The maximum atomic E-state index is 13.7. The van der Waals surface area contributed by atoms with Crippen LogP contribution >= 0.6 is 0 Å². The fraction of sp³-hybridized carbons (Fsp3) is 0.400. The molecule has 3 heteroatoms. The quantitative estimate of drug-likeness (QED) is 0.733. The fourth-order valence-electron chi connectivity index (χ4n) is 4.31. The van der Waals surface area contributed by atoms with Crippen molar-refractivity contribution in [2.45, 2.75) is 44.1 Å². The van der Waals surface area contributed by atoms with E-state index in [2.05, 4.69) is 29.6 Å². The topological polar surface area (TPSA) is 12.0 Å². The lowest BCUT2D eigenvalue weighted by Crippen LogP contribution is -2.29. The molecular weight excluding hydrogens is 292 g/mol. The molecule has 4 rings (SSSR count). The van der Waals surface area contributed by atoms with Crippen molar-refractivity contribution in [1.82, 2.24) is 0 Å². The molecule has 23 heavy (non-hydrogen) atoms. The van der Waals surface area contributed by atoms with Crippen LogP contribution in [0.25, 0.3) is 0 Å². The summed E-state index contributed by atoms with van der Waals surface area (Å²) in [5.41, 5.74) is 3.52.